The maximum absolute atomic E-state index is 11.5. The summed E-state index contributed by atoms with van der Waals surface area (Å²) in [5.41, 5.74) is 9.96. The van der Waals surface area contributed by atoms with Crippen LogP contribution in [0.5, 0.6) is 23.5 Å². The summed E-state index contributed by atoms with van der Waals surface area (Å²) in [6, 6.07) is 7.80. The fourth-order valence-electron chi connectivity index (χ4n) is 6.03. The molecule has 0 atom stereocenters. The Balaban J connectivity index is 0.000000167. The molecule has 0 aliphatic rings. The number of fused-ring (bicyclic) bond motifs is 3. The predicted octanol–water partition coefficient (Wildman–Crippen LogP) is 4.23. The van der Waals surface area contributed by atoms with E-state index in [0.717, 1.165) is 38.9 Å². The number of hydrogen-bond acceptors (Lipinski definition) is 17. The minimum Gasteiger partial charge on any atom is -0.477 e. The maximum atomic E-state index is 11.5. The number of methoxy groups -OCH3 is 4. The molecule has 0 saturated heterocycles. The Morgan fingerprint density at radius 3 is 1.53 bits per heavy atom. The minimum atomic E-state index is -0.708. The standard InChI is InChI=1S/C13H14N6O2.C13H13N3O2.C11H10N6O2.CH4/c1-6-5-8-10(15-13(21-4)12(14-8)20-3)9(7(6)2)11-16-18-19-17-11;1-7-5-10-11(9(6-14)8(7)2)16-13(18-4)12(15-10)17-3;1-4-3-6-8(13-11(19)10(18)12-6)7(5(4)2)9-14-16-17-15-9;/h5H,1-4H3,(H,16,17,18,19);5H,1-4H3;3H,1-2H3,(H,12,18)(H,13,19)(H,14,15,16,17);1H4. The Hall–Kier alpha value is -7.89. The molecule has 8 aromatic rings. The quantitative estimate of drug-likeness (QED) is 0.171. The molecule has 21 nitrogen and oxygen atoms in total. The van der Waals surface area contributed by atoms with Crippen molar-refractivity contribution in [2.24, 2.45) is 0 Å². The van der Waals surface area contributed by atoms with Crippen molar-refractivity contribution in [1.29, 1.82) is 5.26 Å². The number of H-pyrrole nitrogens is 4. The van der Waals surface area contributed by atoms with E-state index in [-0.39, 0.29) is 13.3 Å². The number of nitrogens with zero attached hydrogens (tertiary/aromatic N) is 11. The molecule has 0 aliphatic carbocycles. The summed E-state index contributed by atoms with van der Waals surface area (Å²) in [6.45, 7) is 11.6. The zero-order chi connectivity index (χ0) is 41.8. The molecule has 0 aliphatic heterocycles. The van der Waals surface area contributed by atoms with Gasteiger partial charge in [-0.15, -0.1) is 20.4 Å². The van der Waals surface area contributed by atoms with Crippen molar-refractivity contribution < 1.29 is 18.9 Å². The lowest BCUT2D eigenvalue weighted by Gasteiger charge is -2.12. The Morgan fingerprint density at radius 1 is 0.576 bits per heavy atom. The first-order valence-corrected chi connectivity index (χ1v) is 17.3. The molecule has 8 rings (SSSR count). The van der Waals surface area contributed by atoms with E-state index in [1.54, 1.807) is 6.07 Å². The van der Waals surface area contributed by atoms with Crippen LogP contribution >= 0.6 is 0 Å². The number of hydrogen-bond donors (Lipinski definition) is 4. The highest BCUT2D eigenvalue weighted by atomic mass is 16.5. The number of nitrogens with one attached hydrogen (secondary N) is 4. The number of tetrazole rings is 2. The van der Waals surface area contributed by atoms with Crippen LogP contribution < -0.4 is 30.1 Å². The monoisotopic (exact) mass is 803 g/mol. The number of aryl methyl sites for hydroxylation is 3. The lowest BCUT2D eigenvalue weighted by Crippen LogP contribution is -2.29. The molecule has 21 heteroatoms. The first kappa shape index (κ1) is 42.3. The molecule has 5 heterocycles. The van der Waals surface area contributed by atoms with E-state index >= 15 is 0 Å². The lowest BCUT2D eigenvalue weighted by atomic mass is 10.0. The first-order valence-electron chi connectivity index (χ1n) is 17.3. The average molecular weight is 804 g/mol. The van der Waals surface area contributed by atoms with Crippen LogP contribution in [0.2, 0.25) is 0 Å². The third kappa shape index (κ3) is 8.04. The van der Waals surface area contributed by atoms with E-state index in [1.165, 1.54) is 28.4 Å². The zero-order valence-corrected chi connectivity index (χ0v) is 33.1. The van der Waals surface area contributed by atoms with Crippen LogP contribution in [0.4, 0.5) is 0 Å². The second-order valence-electron chi connectivity index (χ2n) is 12.7. The SMILES string of the molecule is C.COc1nc2cc(C)c(C)c(-c3nn[nH]n3)c2nc1OC.COc1nc2cc(C)c(C)c(C#N)c2nc1OC.Cc1cc2[nH]c(=O)c(=O)[nH]c2c(-c2nn[nH]n2)c1C. The molecule has 5 aromatic heterocycles. The Bertz CT molecular complexity index is 2970. The van der Waals surface area contributed by atoms with Crippen molar-refractivity contribution >= 4 is 33.1 Å². The molecule has 3 aromatic carbocycles. The van der Waals surface area contributed by atoms with Crippen LogP contribution in [-0.4, -0.2) is 99.6 Å². The minimum absolute atomic E-state index is 0. The molecule has 0 unspecified atom stereocenters. The van der Waals surface area contributed by atoms with Crippen molar-refractivity contribution in [3.63, 3.8) is 0 Å². The van der Waals surface area contributed by atoms with Crippen LogP contribution in [0.25, 0.3) is 55.9 Å². The molecular weight excluding hydrogens is 763 g/mol. The number of ether oxygens (including phenoxy) is 4. The summed E-state index contributed by atoms with van der Waals surface area (Å²) >= 11 is 0. The van der Waals surface area contributed by atoms with E-state index in [1.807, 2.05) is 53.7 Å². The predicted molar refractivity (Wildman–Crippen MR) is 217 cm³/mol. The van der Waals surface area contributed by atoms with Crippen molar-refractivity contribution in [3.05, 3.63) is 77.9 Å². The molecule has 0 fully saturated rings. The highest BCUT2D eigenvalue weighted by Gasteiger charge is 2.20. The third-order valence-corrected chi connectivity index (χ3v) is 9.40. The topological polar surface area (TPSA) is 287 Å². The second-order valence-corrected chi connectivity index (χ2v) is 12.7. The summed E-state index contributed by atoms with van der Waals surface area (Å²) in [6.07, 6.45) is 0. The molecule has 59 heavy (non-hydrogen) atoms. The largest absolute Gasteiger partial charge is 0.477 e. The number of rotatable bonds is 6. The average Bonchev–Trinajstić information content (AvgIpc) is 3.96. The normalized spacial score (nSPS) is 10.5. The highest BCUT2D eigenvalue weighted by molar-refractivity contribution is 5.93. The number of aromatic nitrogens is 14. The molecule has 4 N–H and O–H groups in total. The number of aromatic amines is 4. The fourth-order valence-corrected chi connectivity index (χ4v) is 6.03. The molecule has 0 amide bonds. The van der Waals surface area contributed by atoms with Gasteiger partial charge in [-0.05, 0) is 104 Å². The number of benzene rings is 3. The highest BCUT2D eigenvalue weighted by Crippen LogP contribution is 2.34. The summed E-state index contributed by atoms with van der Waals surface area (Å²) in [5, 5.41) is 37.2. The van der Waals surface area contributed by atoms with Crippen LogP contribution in [0.1, 0.15) is 46.4 Å². The first-order chi connectivity index (χ1) is 27.8. The molecule has 0 saturated carbocycles. The van der Waals surface area contributed by atoms with Crippen LogP contribution in [0.3, 0.4) is 0 Å². The molecular formula is C38H41N15O6. The van der Waals surface area contributed by atoms with Gasteiger partial charge in [-0.3, -0.25) is 9.59 Å². The molecule has 0 bridgehead atoms. The van der Waals surface area contributed by atoms with E-state index in [9.17, 15) is 14.9 Å². The van der Waals surface area contributed by atoms with E-state index in [2.05, 4.69) is 77.2 Å². The summed E-state index contributed by atoms with van der Waals surface area (Å²) in [4.78, 5) is 45.5. The van der Waals surface area contributed by atoms with Gasteiger partial charge in [-0.25, -0.2) is 19.9 Å². The van der Waals surface area contributed by atoms with E-state index in [4.69, 9.17) is 18.9 Å². The van der Waals surface area contributed by atoms with Gasteiger partial charge < -0.3 is 28.9 Å². The Morgan fingerprint density at radius 2 is 1.02 bits per heavy atom. The fraction of sp³-hybridized carbons (Fsp3) is 0.289. The van der Waals surface area contributed by atoms with Gasteiger partial charge in [-0.2, -0.15) is 15.7 Å². The van der Waals surface area contributed by atoms with Gasteiger partial charge in [0.2, 0.25) is 11.6 Å². The number of nitriles is 1. The van der Waals surface area contributed by atoms with Crippen LogP contribution in [0, 0.1) is 52.9 Å². The van der Waals surface area contributed by atoms with E-state index in [0.29, 0.717) is 73.5 Å². The van der Waals surface area contributed by atoms with Gasteiger partial charge in [0.25, 0.3) is 23.5 Å². The van der Waals surface area contributed by atoms with Crippen molar-refractivity contribution in [1.82, 2.24) is 71.2 Å². The van der Waals surface area contributed by atoms with Gasteiger partial charge in [-0.1, -0.05) is 7.43 Å². The van der Waals surface area contributed by atoms with Gasteiger partial charge >= 0.3 is 11.1 Å². The van der Waals surface area contributed by atoms with Gasteiger partial charge in [0.15, 0.2) is 0 Å². The third-order valence-electron chi connectivity index (χ3n) is 9.40. The summed E-state index contributed by atoms with van der Waals surface area (Å²) in [5.74, 6) is 2.10. The van der Waals surface area contributed by atoms with Crippen LogP contribution in [0.15, 0.2) is 27.8 Å². The summed E-state index contributed by atoms with van der Waals surface area (Å²) in [7, 11) is 6.04. The Labute approximate surface area is 335 Å². The summed E-state index contributed by atoms with van der Waals surface area (Å²) < 4.78 is 20.6. The maximum Gasteiger partial charge on any atom is 0.314 e. The molecule has 0 radical (unpaired) electrons. The van der Waals surface area contributed by atoms with E-state index < -0.39 is 11.1 Å². The van der Waals surface area contributed by atoms with Crippen molar-refractivity contribution in [2.45, 2.75) is 49.0 Å². The molecule has 304 valence electrons. The van der Waals surface area contributed by atoms with Gasteiger partial charge in [0, 0.05) is 0 Å². The Kier molecular flexibility index (Phi) is 12.5. The molecule has 0 spiro atoms. The van der Waals surface area contributed by atoms with Crippen molar-refractivity contribution in [2.75, 3.05) is 28.4 Å². The van der Waals surface area contributed by atoms with Crippen LogP contribution in [-0.2, 0) is 0 Å². The van der Waals surface area contributed by atoms with Gasteiger partial charge in [0.05, 0.1) is 67.2 Å². The second kappa shape index (κ2) is 17.5. The lowest BCUT2D eigenvalue weighted by molar-refractivity contribution is 0.334. The zero-order valence-electron chi connectivity index (χ0n) is 33.1. The smallest absolute Gasteiger partial charge is 0.314 e. The van der Waals surface area contributed by atoms with Crippen molar-refractivity contribution in [3.8, 4) is 52.4 Å². The van der Waals surface area contributed by atoms with Gasteiger partial charge in [0.1, 0.15) is 17.1 Å².